The molecule has 0 saturated heterocycles. The van der Waals surface area contributed by atoms with Crippen LogP contribution in [-0.4, -0.2) is 15.8 Å². The fourth-order valence-electron chi connectivity index (χ4n) is 2.07. The number of benzene rings is 1. The Morgan fingerprint density at radius 3 is 2.78 bits per heavy atom. The number of hydrogen-bond donors (Lipinski definition) is 2. The van der Waals surface area contributed by atoms with Gasteiger partial charge in [-0.25, -0.2) is 9.97 Å². The number of aromatic nitrogens is 2. The lowest BCUT2D eigenvalue weighted by Gasteiger charge is -2.06. The molecule has 3 rings (SSSR count). The van der Waals surface area contributed by atoms with Gasteiger partial charge < -0.3 is 10.2 Å². The SMILES string of the molecule is N=NN=C(N)c1cc(-c2ccc(-c3ccco3)c(Cl)c2)ncn1. The van der Waals surface area contributed by atoms with Crippen LogP contribution >= 0.6 is 11.6 Å². The molecule has 0 aliphatic carbocycles. The summed E-state index contributed by atoms with van der Waals surface area (Å²) >= 11 is 6.33. The van der Waals surface area contributed by atoms with Gasteiger partial charge in [-0.15, -0.1) is 5.10 Å². The maximum Gasteiger partial charge on any atom is 0.173 e. The van der Waals surface area contributed by atoms with Crippen molar-refractivity contribution in [1.29, 1.82) is 5.53 Å². The Hall–Kier alpha value is -3.06. The Morgan fingerprint density at radius 2 is 2.09 bits per heavy atom. The van der Waals surface area contributed by atoms with Crippen LogP contribution in [-0.2, 0) is 0 Å². The van der Waals surface area contributed by atoms with Gasteiger partial charge in [-0.1, -0.05) is 22.9 Å². The average molecular weight is 327 g/mol. The van der Waals surface area contributed by atoms with Crippen molar-refractivity contribution in [3.63, 3.8) is 0 Å². The van der Waals surface area contributed by atoms with Gasteiger partial charge in [0.25, 0.3) is 0 Å². The summed E-state index contributed by atoms with van der Waals surface area (Å²) in [5.41, 5.74) is 15.0. The third-order valence-corrected chi connectivity index (χ3v) is 3.45. The van der Waals surface area contributed by atoms with Crippen molar-refractivity contribution in [2.75, 3.05) is 0 Å². The molecule has 0 atom stereocenters. The van der Waals surface area contributed by atoms with E-state index < -0.39 is 0 Å². The van der Waals surface area contributed by atoms with Crippen LogP contribution in [0.15, 0.2) is 63.7 Å². The first-order chi connectivity index (χ1) is 11.2. The Bertz CT molecular complexity index is 875. The first-order valence-corrected chi connectivity index (χ1v) is 6.93. The van der Waals surface area contributed by atoms with Gasteiger partial charge in [-0.2, -0.15) is 5.53 Å². The molecule has 0 bridgehead atoms. The molecule has 114 valence electrons. The standard InChI is InChI=1S/C15H11ClN6O/c16-11-6-9(3-4-10(11)14-2-1-5-23-14)12-7-13(20-8-19-12)15(17)21-22-18/h1-8H,(H3,17,18,21). The van der Waals surface area contributed by atoms with Crippen LogP contribution in [0, 0.1) is 5.53 Å². The predicted octanol–water partition coefficient (Wildman–Crippen LogP) is 3.71. The third-order valence-electron chi connectivity index (χ3n) is 3.14. The van der Waals surface area contributed by atoms with E-state index >= 15 is 0 Å². The lowest BCUT2D eigenvalue weighted by atomic mass is 10.1. The van der Waals surface area contributed by atoms with E-state index in [9.17, 15) is 0 Å². The molecule has 2 aromatic heterocycles. The fraction of sp³-hybridized carbons (Fsp3) is 0. The molecule has 0 fully saturated rings. The summed E-state index contributed by atoms with van der Waals surface area (Å²) in [4.78, 5) is 8.21. The van der Waals surface area contributed by atoms with Crippen molar-refractivity contribution < 1.29 is 4.42 Å². The van der Waals surface area contributed by atoms with E-state index in [1.165, 1.54) is 6.33 Å². The molecule has 0 aliphatic rings. The summed E-state index contributed by atoms with van der Waals surface area (Å²) in [6.07, 6.45) is 2.96. The van der Waals surface area contributed by atoms with Gasteiger partial charge in [0.1, 0.15) is 17.8 Å². The predicted molar refractivity (Wildman–Crippen MR) is 86.1 cm³/mol. The third kappa shape index (κ3) is 3.09. The Labute approximate surface area is 136 Å². The van der Waals surface area contributed by atoms with Crippen molar-refractivity contribution in [2.45, 2.75) is 0 Å². The smallest absolute Gasteiger partial charge is 0.173 e. The summed E-state index contributed by atoms with van der Waals surface area (Å²) in [5.74, 6) is 0.736. The zero-order valence-electron chi connectivity index (χ0n) is 11.8. The molecule has 0 aliphatic heterocycles. The number of hydrogen-bond acceptors (Lipinski definition) is 5. The van der Waals surface area contributed by atoms with Crippen LogP contribution in [0.3, 0.4) is 0 Å². The highest BCUT2D eigenvalue weighted by atomic mass is 35.5. The number of halogens is 1. The maximum absolute atomic E-state index is 6.71. The van der Waals surface area contributed by atoms with Gasteiger partial charge in [0.2, 0.25) is 0 Å². The van der Waals surface area contributed by atoms with E-state index in [2.05, 4.69) is 20.3 Å². The summed E-state index contributed by atoms with van der Waals surface area (Å²) < 4.78 is 5.35. The van der Waals surface area contributed by atoms with Gasteiger partial charge in [0.05, 0.1) is 17.0 Å². The van der Waals surface area contributed by atoms with Crippen LogP contribution in [0.25, 0.3) is 22.6 Å². The van der Waals surface area contributed by atoms with Crippen LogP contribution in [0.5, 0.6) is 0 Å². The quantitative estimate of drug-likeness (QED) is 0.329. The highest BCUT2D eigenvalue weighted by Gasteiger charge is 2.10. The molecule has 3 N–H and O–H groups in total. The zero-order chi connectivity index (χ0) is 16.2. The molecule has 0 saturated carbocycles. The van der Waals surface area contributed by atoms with E-state index in [1.54, 1.807) is 24.5 Å². The number of rotatable bonds is 4. The van der Waals surface area contributed by atoms with E-state index in [0.29, 0.717) is 22.2 Å². The molecule has 0 unspecified atom stereocenters. The lowest BCUT2D eigenvalue weighted by Crippen LogP contribution is -2.14. The maximum atomic E-state index is 6.71. The van der Waals surface area contributed by atoms with Crippen molar-refractivity contribution in [3.8, 4) is 22.6 Å². The Balaban J connectivity index is 2.00. The van der Waals surface area contributed by atoms with Gasteiger partial charge in [0, 0.05) is 11.1 Å². The molecule has 7 nitrogen and oxygen atoms in total. The van der Waals surface area contributed by atoms with E-state index in [4.69, 9.17) is 27.3 Å². The van der Waals surface area contributed by atoms with Crippen molar-refractivity contribution >= 4 is 17.4 Å². The number of nitrogens with zero attached hydrogens (tertiary/aromatic N) is 4. The van der Waals surface area contributed by atoms with Gasteiger partial charge in [0.15, 0.2) is 5.84 Å². The normalized spacial score (nSPS) is 11.4. The van der Waals surface area contributed by atoms with E-state index in [1.807, 2.05) is 18.2 Å². The molecule has 0 radical (unpaired) electrons. The van der Waals surface area contributed by atoms with Crippen molar-refractivity contribution in [2.24, 2.45) is 16.1 Å². The van der Waals surface area contributed by atoms with Gasteiger partial charge >= 0.3 is 0 Å². The molecule has 1 aromatic carbocycles. The largest absolute Gasteiger partial charge is 0.464 e. The average Bonchev–Trinajstić information content (AvgIpc) is 3.09. The molecule has 8 heteroatoms. The summed E-state index contributed by atoms with van der Waals surface area (Å²) in [6, 6.07) is 10.8. The molecule has 23 heavy (non-hydrogen) atoms. The number of amidine groups is 1. The monoisotopic (exact) mass is 326 g/mol. The van der Waals surface area contributed by atoms with Crippen LogP contribution in [0.1, 0.15) is 5.69 Å². The first kappa shape index (κ1) is 14.9. The van der Waals surface area contributed by atoms with Crippen LogP contribution in [0.2, 0.25) is 5.02 Å². The molecule has 0 amide bonds. The van der Waals surface area contributed by atoms with Gasteiger partial charge in [-0.3, -0.25) is 0 Å². The molecule has 3 aromatic rings. The number of nitrogens with two attached hydrogens (primary N) is 1. The zero-order valence-corrected chi connectivity index (χ0v) is 12.5. The summed E-state index contributed by atoms with van der Waals surface area (Å²) in [5, 5.41) is 6.88. The summed E-state index contributed by atoms with van der Waals surface area (Å²) in [6.45, 7) is 0. The Kier molecular flexibility index (Phi) is 4.11. The highest BCUT2D eigenvalue weighted by molar-refractivity contribution is 6.33. The second kappa shape index (κ2) is 6.37. The first-order valence-electron chi connectivity index (χ1n) is 6.55. The molecular formula is C15H11ClN6O. The Morgan fingerprint density at radius 1 is 1.22 bits per heavy atom. The molecule has 2 heterocycles. The van der Waals surface area contributed by atoms with Crippen molar-refractivity contribution in [3.05, 3.63) is 59.7 Å². The highest BCUT2D eigenvalue weighted by Crippen LogP contribution is 2.31. The minimum Gasteiger partial charge on any atom is -0.464 e. The molecular weight excluding hydrogens is 316 g/mol. The van der Waals surface area contributed by atoms with E-state index in [0.717, 1.165) is 11.1 Å². The number of furan rings is 1. The minimum absolute atomic E-state index is 0.0435. The van der Waals surface area contributed by atoms with Crippen LogP contribution < -0.4 is 5.73 Å². The van der Waals surface area contributed by atoms with Crippen LogP contribution in [0.4, 0.5) is 0 Å². The topological polar surface area (TPSA) is 114 Å². The van der Waals surface area contributed by atoms with Crippen molar-refractivity contribution in [1.82, 2.24) is 9.97 Å². The van der Waals surface area contributed by atoms with Gasteiger partial charge in [-0.05, 0) is 30.3 Å². The fourth-order valence-corrected chi connectivity index (χ4v) is 2.34. The molecule has 0 spiro atoms. The minimum atomic E-state index is 0.0435. The summed E-state index contributed by atoms with van der Waals surface area (Å²) in [7, 11) is 0. The van der Waals surface area contributed by atoms with E-state index in [-0.39, 0.29) is 5.84 Å². The number of nitrogens with one attached hydrogen (secondary N) is 1. The second-order valence-corrected chi connectivity index (χ2v) is 4.95. The lowest BCUT2D eigenvalue weighted by molar-refractivity contribution is 0.582. The second-order valence-electron chi connectivity index (χ2n) is 4.55.